The minimum Gasteiger partial charge on any atom is -0.382 e. The molecule has 1 aromatic heterocycles. The second kappa shape index (κ2) is 5.67. The van der Waals surface area contributed by atoms with Crippen LogP contribution in [0.2, 0.25) is 0 Å². The van der Waals surface area contributed by atoms with E-state index >= 15 is 0 Å². The van der Waals surface area contributed by atoms with Gasteiger partial charge in [-0.15, -0.1) is 0 Å². The second-order valence-corrected chi connectivity index (χ2v) is 5.76. The van der Waals surface area contributed by atoms with Crippen molar-refractivity contribution in [3.63, 3.8) is 0 Å². The number of piperidine rings is 1. The molecule has 116 valence electrons. The lowest BCUT2D eigenvalue weighted by molar-refractivity contribution is -0.384. The molecule has 1 aliphatic rings. The summed E-state index contributed by atoms with van der Waals surface area (Å²) in [4.78, 5) is 13.0. The summed E-state index contributed by atoms with van der Waals surface area (Å²) in [7, 11) is 0. The molecule has 7 heteroatoms. The van der Waals surface area contributed by atoms with Crippen molar-refractivity contribution >= 4 is 17.2 Å². The lowest BCUT2D eigenvalue weighted by Crippen LogP contribution is -2.33. The van der Waals surface area contributed by atoms with Gasteiger partial charge >= 0.3 is 0 Å². The van der Waals surface area contributed by atoms with Crippen molar-refractivity contribution in [3.05, 3.63) is 45.6 Å². The van der Waals surface area contributed by atoms with Gasteiger partial charge in [0.05, 0.1) is 4.92 Å². The van der Waals surface area contributed by atoms with Crippen LogP contribution in [0.25, 0.3) is 0 Å². The van der Waals surface area contributed by atoms with E-state index in [1.807, 2.05) is 19.1 Å². The van der Waals surface area contributed by atoms with Crippen molar-refractivity contribution in [2.24, 2.45) is 0 Å². The van der Waals surface area contributed by atoms with Crippen molar-refractivity contribution in [2.75, 3.05) is 23.7 Å². The van der Waals surface area contributed by atoms with Crippen molar-refractivity contribution in [1.82, 2.24) is 10.2 Å². The van der Waals surface area contributed by atoms with Gasteiger partial charge in [0.25, 0.3) is 5.69 Å². The van der Waals surface area contributed by atoms with Crippen LogP contribution in [0.4, 0.5) is 17.2 Å². The highest BCUT2D eigenvalue weighted by Gasteiger charge is 2.26. The van der Waals surface area contributed by atoms with Crippen LogP contribution in [0.3, 0.4) is 0 Å². The van der Waals surface area contributed by atoms with Crippen molar-refractivity contribution in [1.29, 1.82) is 0 Å². The third-order valence-corrected chi connectivity index (χ3v) is 4.22. The predicted octanol–water partition coefficient (Wildman–Crippen LogP) is 2.59. The molecule has 0 amide bonds. The van der Waals surface area contributed by atoms with E-state index in [9.17, 15) is 10.1 Å². The highest BCUT2D eigenvalue weighted by Crippen LogP contribution is 2.34. The number of H-pyrrole nitrogens is 1. The Balaban J connectivity index is 1.76. The minimum absolute atomic E-state index is 0.176. The van der Waals surface area contributed by atoms with E-state index in [1.54, 1.807) is 12.1 Å². The monoisotopic (exact) mass is 301 g/mol. The molecule has 0 bridgehead atoms. The van der Waals surface area contributed by atoms with Gasteiger partial charge in [0, 0.05) is 36.8 Å². The maximum absolute atomic E-state index is 11.2. The highest BCUT2D eigenvalue weighted by atomic mass is 16.6. The van der Waals surface area contributed by atoms with E-state index in [2.05, 4.69) is 15.1 Å². The number of nitrogens with two attached hydrogens (primary N) is 1. The zero-order valence-electron chi connectivity index (χ0n) is 12.5. The largest absolute Gasteiger partial charge is 0.382 e. The van der Waals surface area contributed by atoms with Crippen molar-refractivity contribution in [3.8, 4) is 0 Å². The summed E-state index contributed by atoms with van der Waals surface area (Å²) in [5, 5.41) is 18.2. The second-order valence-electron chi connectivity index (χ2n) is 5.76. The molecular formula is C15H19N5O2. The predicted molar refractivity (Wildman–Crippen MR) is 85.0 cm³/mol. The van der Waals surface area contributed by atoms with E-state index in [4.69, 9.17) is 5.73 Å². The van der Waals surface area contributed by atoms with E-state index in [0.717, 1.165) is 37.2 Å². The molecule has 2 heterocycles. The quantitative estimate of drug-likeness (QED) is 0.670. The first-order chi connectivity index (χ1) is 10.5. The molecule has 2 aromatic rings. The van der Waals surface area contributed by atoms with E-state index in [1.165, 1.54) is 0 Å². The number of nitrogens with one attached hydrogen (secondary N) is 1. The molecule has 0 radical (unpaired) electrons. The van der Waals surface area contributed by atoms with Crippen LogP contribution in [0, 0.1) is 17.0 Å². The lowest BCUT2D eigenvalue weighted by Gasteiger charge is -2.33. The first-order valence-corrected chi connectivity index (χ1v) is 7.35. The molecule has 1 aliphatic heterocycles. The van der Waals surface area contributed by atoms with Gasteiger partial charge in [-0.05, 0) is 31.4 Å². The van der Waals surface area contributed by atoms with E-state index in [-0.39, 0.29) is 10.6 Å². The zero-order valence-corrected chi connectivity index (χ0v) is 12.5. The Labute approximate surface area is 128 Å². The van der Waals surface area contributed by atoms with Gasteiger partial charge in [-0.1, -0.05) is 6.07 Å². The molecule has 0 unspecified atom stereocenters. The van der Waals surface area contributed by atoms with Gasteiger partial charge in [-0.3, -0.25) is 15.2 Å². The van der Waals surface area contributed by atoms with Crippen molar-refractivity contribution < 1.29 is 4.92 Å². The van der Waals surface area contributed by atoms with Crippen LogP contribution in [-0.2, 0) is 0 Å². The average Bonchev–Trinajstić information content (AvgIpc) is 2.93. The summed E-state index contributed by atoms with van der Waals surface area (Å²) < 4.78 is 0. The summed E-state index contributed by atoms with van der Waals surface area (Å²) in [5.74, 6) is 0.886. The fraction of sp³-hybridized carbons (Fsp3) is 0.400. The number of benzene rings is 1. The molecule has 1 fully saturated rings. The molecule has 0 spiro atoms. The highest BCUT2D eigenvalue weighted by molar-refractivity contribution is 5.64. The fourth-order valence-corrected chi connectivity index (χ4v) is 3.03. The number of nitrogens with zero attached hydrogens (tertiary/aromatic N) is 3. The third-order valence-electron chi connectivity index (χ3n) is 4.22. The fourth-order valence-electron chi connectivity index (χ4n) is 3.03. The minimum atomic E-state index is -0.309. The van der Waals surface area contributed by atoms with Gasteiger partial charge < -0.3 is 10.6 Å². The summed E-state index contributed by atoms with van der Waals surface area (Å²) >= 11 is 0. The number of anilines is 2. The van der Waals surface area contributed by atoms with Crippen LogP contribution < -0.4 is 10.6 Å². The van der Waals surface area contributed by atoms with Gasteiger partial charge in [0.1, 0.15) is 11.5 Å². The number of aryl methyl sites for hydroxylation is 1. The van der Waals surface area contributed by atoms with E-state index in [0.29, 0.717) is 17.4 Å². The Kier molecular flexibility index (Phi) is 3.70. The number of nitro groups is 1. The van der Waals surface area contributed by atoms with Crippen LogP contribution in [0.1, 0.15) is 30.0 Å². The topological polar surface area (TPSA) is 101 Å². The van der Waals surface area contributed by atoms with E-state index < -0.39 is 0 Å². The van der Waals surface area contributed by atoms with Crippen LogP contribution in [0.15, 0.2) is 24.3 Å². The molecule has 0 aliphatic carbocycles. The maximum atomic E-state index is 11.2. The van der Waals surface area contributed by atoms with Gasteiger partial charge in [0.15, 0.2) is 0 Å². The third kappa shape index (κ3) is 2.74. The molecule has 22 heavy (non-hydrogen) atoms. The molecule has 1 saturated heterocycles. The van der Waals surface area contributed by atoms with Crippen molar-refractivity contribution in [2.45, 2.75) is 25.7 Å². The SMILES string of the molecule is Cc1ccc([N+](=O)[O-])c(N2CCC(c3cc(N)n[nH]3)CC2)c1. The van der Waals surface area contributed by atoms with Gasteiger partial charge in [0.2, 0.25) is 0 Å². The Morgan fingerprint density at radius 2 is 2.09 bits per heavy atom. The summed E-state index contributed by atoms with van der Waals surface area (Å²) in [6.45, 7) is 3.52. The molecule has 1 aromatic carbocycles. The molecule has 3 rings (SSSR count). The molecule has 0 saturated carbocycles. The molecular weight excluding hydrogens is 282 g/mol. The smallest absolute Gasteiger partial charge is 0.292 e. The first kappa shape index (κ1) is 14.4. The average molecular weight is 301 g/mol. The van der Waals surface area contributed by atoms with Crippen LogP contribution in [0.5, 0.6) is 0 Å². The Bertz CT molecular complexity index is 689. The standard InChI is InChI=1S/C15H19N5O2/c1-10-2-3-13(20(21)22)14(8-10)19-6-4-11(5-7-19)12-9-15(16)18-17-12/h2-3,8-9,11H,4-7H2,1H3,(H3,16,17,18). The Morgan fingerprint density at radius 3 is 2.68 bits per heavy atom. The molecule has 3 N–H and O–H groups in total. The number of nitrogen functional groups attached to an aromatic ring is 1. The van der Waals surface area contributed by atoms with Gasteiger partial charge in [-0.2, -0.15) is 5.10 Å². The maximum Gasteiger partial charge on any atom is 0.292 e. The number of aromatic amines is 1. The number of rotatable bonds is 3. The number of hydrogen-bond donors (Lipinski definition) is 2. The summed E-state index contributed by atoms with van der Waals surface area (Å²) in [5.41, 5.74) is 8.62. The Hall–Kier alpha value is -2.57. The van der Waals surface area contributed by atoms with Crippen LogP contribution in [-0.4, -0.2) is 28.2 Å². The zero-order chi connectivity index (χ0) is 15.7. The number of hydrogen-bond acceptors (Lipinski definition) is 5. The Morgan fingerprint density at radius 1 is 1.36 bits per heavy atom. The molecule has 0 atom stereocenters. The summed E-state index contributed by atoms with van der Waals surface area (Å²) in [6.07, 6.45) is 1.85. The van der Waals surface area contributed by atoms with Gasteiger partial charge in [-0.25, -0.2) is 0 Å². The number of nitro benzene ring substituents is 1. The first-order valence-electron chi connectivity index (χ1n) is 7.35. The summed E-state index contributed by atoms with van der Waals surface area (Å²) in [6, 6.07) is 7.14. The van der Waals surface area contributed by atoms with Crippen LogP contribution >= 0.6 is 0 Å². The number of aromatic nitrogens is 2. The normalized spacial score (nSPS) is 16.0. The lowest BCUT2D eigenvalue weighted by atomic mass is 9.93. The molecule has 7 nitrogen and oxygen atoms in total.